The van der Waals surface area contributed by atoms with E-state index in [4.69, 9.17) is 4.74 Å². The van der Waals surface area contributed by atoms with Gasteiger partial charge in [-0.3, -0.25) is 4.79 Å². The second-order valence-corrected chi connectivity index (χ2v) is 7.67. The molecule has 2 aromatic rings. The second kappa shape index (κ2) is 10.8. The van der Waals surface area contributed by atoms with E-state index < -0.39 is 5.97 Å². The first kappa shape index (κ1) is 22.7. The van der Waals surface area contributed by atoms with Crippen molar-refractivity contribution >= 4 is 11.9 Å². The number of benzene rings is 2. The van der Waals surface area contributed by atoms with Crippen molar-refractivity contribution in [3.8, 4) is 16.9 Å². The number of carbonyl (C=O) groups excluding carboxylic acids is 1. The van der Waals surface area contributed by atoms with E-state index in [2.05, 4.69) is 20.8 Å². The number of carboxylic acid groups (broad SMARTS) is 1. The van der Waals surface area contributed by atoms with Crippen LogP contribution in [0.5, 0.6) is 5.75 Å². The van der Waals surface area contributed by atoms with E-state index in [0.29, 0.717) is 23.7 Å². The van der Waals surface area contributed by atoms with Crippen LogP contribution in [-0.4, -0.2) is 17.0 Å². The highest BCUT2D eigenvalue weighted by molar-refractivity contribution is 5.89. The van der Waals surface area contributed by atoms with Crippen LogP contribution in [0.4, 0.5) is 0 Å². The molecule has 156 valence electrons. The zero-order valence-electron chi connectivity index (χ0n) is 17.9. The van der Waals surface area contributed by atoms with Crippen LogP contribution < -0.4 is 4.74 Å². The molecule has 1 N–H and O–H groups in total. The summed E-state index contributed by atoms with van der Waals surface area (Å²) in [6, 6.07) is 12.8. The van der Waals surface area contributed by atoms with Crippen LogP contribution in [-0.2, 0) is 4.79 Å². The van der Waals surface area contributed by atoms with Gasteiger partial charge >= 0.3 is 11.9 Å². The molecule has 0 unspecified atom stereocenters. The molecule has 0 radical (unpaired) electrons. The van der Waals surface area contributed by atoms with Crippen LogP contribution in [0.3, 0.4) is 0 Å². The van der Waals surface area contributed by atoms with Crippen molar-refractivity contribution in [2.75, 3.05) is 0 Å². The van der Waals surface area contributed by atoms with Crippen LogP contribution in [0.2, 0.25) is 0 Å². The normalized spacial score (nSPS) is 12.0. The van der Waals surface area contributed by atoms with Crippen molar-refractivity contribution in [3.05, 3.63) is 53.6 Å². The molecular weight excluding hydrogens is 364 g/mol. The number of carboxylic acids is 1. The number of hydrogen-bond acceptors (Lipinski definition) is 3. The van der Waals surface area contributed by atoms with Crippen molar-refractivity contribution in [1.82, 2.24) is 0 Å². The highest BCUT2D eigenvalue weighted by Crippen LogP contribution is 2.35. The molecule has 0 aromatic heterocycles. The highest BCUT2D eigenvalue weighted by atomic mass is 16.5. The molecule has 4 nitrogen and oxygen atoms in total. The highest BCUT2D eigenvalue weighted by Gasteiger charge is 2.18. The third-order valence-corrected chi connectivity index (χ3v) is 5.52. The number of ether oxygens (including phenoxy) is 1. The minimum absolute atomic E-state index is 0.231. The minimum atomic E-state index is -0.911. The van der Waals surface area contributed by atoms with Gasteiger partial charge in [0, 0.05) is 6.42 Å². The fourth-order valence-electron chi connectivity index (χ4n) is 3.70. The molecule has 0 saturated heterocycles. The molecule has 0 heterocycles. The fourth-order valence-corrected chi connectivity index (χ4v) is 3.70. The van der Waals surface area contributed by atoms with E-state index in [9.17, 15) is 14.7 Å². The summed E-state index contributed by atoms with van der Waals surface area (Å²) in [7, 11) is 0. The van der Waals surface area contributed by atoms with Crippen molar-refractivity contribution in [3.63, 3.8) is 0 Å². The Balaban J connectivity index is 2.35. The van der Waals surface area contributed by atoms with Gasteiger partial charge in [0.1, 0.15) is 5.75 Å². The van der Waals surface area contributed by atoms with Gasteiger partial charge in [0.2, 0.25) is 0 Å². The van der Waals surface area contributed by atoms with Gasteiger partial charge in [-0.05, 0) is 65.6 Å². The van der Waals surface area contributed by atoms with Crippen molar-refractivity contribution in [1.29, 1.82) is 0 Å². The van der Waals surface area contributed by atoms with Gasteiger partial charge in [0.15, 0.2) is 0 Å². The van der Waals surface area contributed by atoms with Gasteiger partial charge in [-0.15, -0.1) is 0 Å². The summed E-state index contributed by atoms with van der Waals surface area (Å²) in [4.78, 5) is 23.2. The average Bonchev–Trinajstić information content (AvgIpc) is 2.72. The van der Waals surface area contributed by atoms with Crippen LogP contribution in [0.15, 0.2) is 42.5 Å². The summed E-state index contributed by atoms with van der Waals surface area (Å²) in [5.74, 6) is 0.250. The largest absolute Gasteiger partial charge is 0.478 e. The summed E-state index contributed by atoms with van der Waals surface area (Å²) >= 11 is 0. The first-order valence-corrected chi connectivity index (χ1v) is 10.6. The lowest BCUT2D eigenvalue weighted by Crippen LogP contribution is -2.07. The van der Waals surface area contributed by atoms with Crippen LogP contribution in [0, 0.1) is 5.92 Å². The lowest BCUT2D eigenvalue weighted by atomic mass is 9.83. The predicted octanol–water partition coefficient (Wildman–Crippen LogP) is 6.69. The third kappa shape index (κ3) is 6.18. The number of esters is 1. The average molecular weight is 397 g/mol. The first-order chi connectivity index (χ1) is 13.9. The van der Waals surface area contributed by atoms with Crippen molar-refractivity contribution < 1.29 is 19.4 Å². The minimum Gasteiger partial charge on any atom is -0.478 e. The third-order valence-electron chi connectivity index (χ3n) is 5.52. The predicted molar refractivity (Wildman–Crippen MR) is 116 cm³/mol. The number of aromatic carboxylic acids is 1. The van der Waals surface area contributed by atoms with E-state index in [1.807, 2.05) is 25.1 Å². The van der Waals surface area contributed by atoms with Gasteiger partial charge in [0.25, 0.3) is 0 Å². The molecule has 0 aliphatic carbocycles. The van der Waals surface area contributed by atoms with Crippen molar-refractivity contribution in [2.45, 2.75) is 65.7 Å². The number of hydrogen-bond donors (Lipinski definition) is 1. The van der Waals surface area contributed by atoms with Gasteiger partial charge in [-0.2, -0.15) is 0 Å². The maximum atomic E-state index is 11.7. The topological polar surface area (TPSA) is 63.6 Å². The standard InChI is InChI=1S/C25H32O4/c1-5-8-24(26)29-21-12-9-19(10-13-21)22-14-11-20(25(27)28)16-23(22)17(4)15-18(6-2)7-3/h9-14,16-18H,5-8,15H2,1-4H3,(H,27,28)/t17-/m1/s1. The Bertz CT molecular complexity index is 819. The summed E-state index contributed by atoms with van der Waals surface area (Å²) in [5, 5.41) is 9.44. The maximum absolute atomic E-state index is 11.7. The maximum Gasteiger partial charge on any atom is 0.335 e. The quantitative estimate of drug-likeness (QED) is 0.359. The Morgan fingerprint density at radius 1 is 1.00 bits per heavy atom. The molecule has 2 rings (SSSR count). The van der Waals surface area contributed by atoms with Gasteiger partial charge in [0.05, 0.1) is 5.56 Å². The van der Waals surface area contributed by atoms with Crippen LogP contribution in [0.1, 0.15) is 81.6 Å². The molecule has 0 aliphatic rings. The fraction of sp³-hybridized carbons (Fsp3) is 0.440. The van der Waals surface area contributed by atoms with Gasteiger partial charge in [-0.25, -0.2) is 4.79 Å². The van der Waals surface area contributed by atoms with Crippen molar-refractivity contribution in [2.24, 2.45) is 5.92 Å². The summed E-state index contributed by atoms with van der Waals surface area (Å²) in [5.41, 5.74) is 3.38. The van der Waals surface area contributed by atoms with Crippen LogP contribution in [0.25, 0.3) is 11.1 Å². The molecule has 1 atom stereocenters. The smallest absolute Gasteiger partial charge is 0.335 e. The lowest BCUT2D eigenvalue weighted by molar-refractivity contribution is -0.134. The molecule has 0 saturated carbocycles. The monoisotopic (exact) mass is 396 g/mol. The number of rotatable bonds is 10. The molecular formula is C25H32O4. The van der Waals surface area contributed by atoms with E-state index >= 15 is 0 Å². The Morgan fingerprint density at radius 3 is 2.21 bits per heavy atom. The second-order valence-electron chi connectivity index (χ2n) is 7.67. The van der Waals surface area contributed by atoms with E-state index in [1.165, 1.54) is 0 Å². The Morgan fingerprint density at radius 2 is 1.66 bits per heavy atom. The van der Waals surface area contributed by atoms with E-state index in [0.717, 1.165) is 42.4 Å². The number of carbonyl (C=O) groups is 2. The molecule has 0 bridgehead atoms. The van der Waals surface area contributed by atoms with E-state index in [-0.39, 0.29) is 11.9 Å². The van der Waals surface area contributed by atoms with Gasteiger partial charge < -0.3 is 9.84 Å². The molecule has 4 heteroatoms. The summed E-state index contributed by atoms with van der Waals surface area (Å²) < 4.78 is 5.34. The Hall–Kier alpha value is -2.62. The zero-order valence-corrected chi connectivity index (χ0v) is 17.9. The molecule has 0 aliphatic heterocycles. The molecule has 0 amide bonds. The van der Waals surface area contributed by atoms with Crippen LogP contribution >= 0.6 is 0 Å². The Labute approximate surface area is 173 Å². The molecule has 0 spiro atoms. The molecule has 0 fully saturated rings. The Kier molecular flexibility index (Phi) is 8.44. The zero-order chi connectivity index (χ0) is 21.4. The SMILES string of the molecule is CCCC(=O)Oc1ccc(-c2ccc(C(=O)O)cc2[C@H](C)CC(CC)CC)cc1. The summed E-state index contributed by atoms with van der Waals surface area (Å²) in [6.07, 6.45) is 4.41. The van der Waals surface area contributed by atoms with E-state index in [1.54, 1.807) is 24.3 Å². The lowest BCUT2D eigenvalue weighted by Gasteiger charge is -2.22. The summed E-state index contributed by atoms with van der Waals surface area (Å²) in [6.45, 7) is 8.52. The van der Waals surface area contributed by atoms with Gasteiger partial charge in [-0.1, -0.05) is 58.7 Å². The molecule has 29 heavy (non-hydrogen) atoms. The first-order valence-electron chi connectivity index (χ1n) is 10.6. The molecule has 2 aromatic carbocycles.